The number of benzene rings is 2. The Labute approximate surface area is 320 Å². The Balaban J connectivity index is 1.08. The van der Waals surface area contributed by atoms with Crippen LogP contribution in [0, 0.1) is 13.8 Å². The number of amides is 1. The van der Waals surface area contributed by atoms with Gasteiger partial charge in [-0.05, 0) is 76.9 Å². The average molecular weight is 760 g/mol. The highest BCUT2D eigenvalue weighted by Crippen LogP contribution is 2.40. The van der Waals surface area contributed by atoms with E-state index in [1.807, 2.05) is 49.0 Å². The Morgan fingerprint density at radius 3 is 1.98 bits per heavy atom. The normalized spacial score (nSPS) is 16.0. The second-order valence-corrected chi connectivity index (χ2v) is 14.0. The van der Waals surface area contributed by atoms with Crippen LogP contribution in [-0.4, -0.2) is 79.7 Å². The van der Waals surface area contributed by atoms with Gasteiger partial charge in [-0.2, -0.15) is 10.2 Å². The van der Waals surface area contributed by atoms with Crippen LogP contribution >= 0.6 is 0 Å². The van der Waals surface area contributed by atoms with Crippen LogP contribution < -0.4 is 14.8 Å². The number of carboxylic acid groups (broad SMARTS) is 1. The van der Waals surface area contributed by atoms with Gasteiger partial charge in [0.1, 0.15) is 58.7 Å². The number of hydrogen-bond donors (Lipinski definition) is 3. The number of anilines is 1. The van der Waals surface area contributed by atoms with E-state index in [4.69, 9.17) is 19.4 Å². The lowest BCUT2D eigenvalue weighted by Crippen LogP contribution is -2.26. The summed E-state index contributed by atoms with van der Waals surface area (Å²) < 4.78 is 19.6. The second-order valence-electron chi connectivity index (χ2n) is 14.0. The minimum Gasteiger partial charge on any atom is -0.508 e. The fraction of sp³-hybridized carbons (Fsp3) is 0.325. The molecule has 2 aliphatic heterocycles. The molecule has 2 aromatic carbocycles. The number of aromatic carboxylic acids is 1. The van der Waals surface area contributed by atoms with E-state index in [1.54, 1.807) is 33.6 Å². The number of aliphatic hydroxyl groups excluding tert-OH is 1. The highest BCUT2D eigenvalue weighted by atomic mass is 16.5. The quantitative estimate of drug-likeness (QED) is 0.0685. The van der Waals surface area contributed by atoms with Crippen LogP contribution in [0.2, 0.25) is 0 Å². The number of carbonyl (C=O) groups excluding carboxylic acids is 2. The molecule has 288 valence electrons. The van der Waals surface area contributed by atoms with E-state index in [9.17, 15) is 24.6 Å². The highest BCUT2D eigenvalue weighted by molar-refractivity contribution is 6.03. The maximum atomic E-state index is 13.7. The zero-order chi connectivity index (χ0) is 39.4. The van der Waals surface area contributed by atoms with Crippen LogP contribution in [0.1, 0.15) is 92.9 Å². The van der Waals surface area contributed by atoms with E-state index in [-0.39, 0.29) is 54.7 Å². The molecule has 6 heterocycles. The summed E-state index contributed by atoms with van der Waals surface area (Å²) in [5.41, 5.74) is 5.19. The first-order valence-corrected chi connectivity index (χ1v) is 18.5. The molecule has 0 fully saturated rings. The number of hydrogen-bond acceptors (Lipinski definition) is 10. The number of nitrogens with zero attached hydrogens (tertiary/aromatic N) is 8. The van der Waals surface area contributed by atoms with Crippen LogP contribution in [0.3, 0.4) is 0 Å². The standard InChI is InChI=1S/C40H41N9O7/c1-6-46-30(12-21(3)44-46)32(51)18-35-41-28-15-25(39(53)54)17-34-36(28)48(35)26(19-55-34)10-8-9-11-27-20-56-33-16-24(23(5)50)14-29-37(33)49(27)40(42-29)43-38(52)31-13-22(4)45-47(31)7-2/h8-9,12-17,26-27,50H,5-7,10-11,18-20H2,1-4H3,(H,53,54)(H,42,43,52)/b9-8-/t26-,27-/m0/s1. The topological polar surface area (TPSA) is 193 Å². The molecule has 0 saturated heterocycles. The first-order chi connectivity index (χ1) is 26.9. The predicted octanol–water partition coefficient (Wildman–Crippen LogP) is 6.24. The number of carbonyl (C=O) groups is 3. The van der Waals surface area contributed by atoms with E-state index >= 15 is 0 Å². The maximum Gasteiger partial charge on any atom is 0.335 e. The van der Waals surface area contributed by atoms with Crippen molar-refractivity contribution in [2.45, 2.75) is 72.1 Å². The Morgan fingerprint density at radius 1 is 0.804 bits per heavy atom. The summed E-state index contributed by atoms with van der Waals surface area (Å²) in [6.45, 7) is 12.7. The molecule has 3 N–H and O–H groups in total. The van der Waals surface area contributed by atoms with E-state index in [1.165, 1.54) is 12.1 Å². The van der Waals surface area contributed by atoms with Gasteiger partial charge in [0.15, 0.2) is 5.78 Å². The molecule has 2 aliphatic rings. The lowest BCUT2D eigenvalue weighted by Gasteiger charge is -2.27. The van der Waals surface area contributed by atoms with Crippen molar-refractivity contribution in [3.63, 3.8) is 0 Å². The van der Waals surface area contributed by atoms with Crippen LogP contribution in [0.4, 0.5) is 5.95 Å². The zero-order valence-electron chi connectivity index (χ0n) is 31.4. The van der Waals surface area contributed by atoms with Crippen molar-refractivity contribution in [3.05, 3.63) is 94.9 Å². The van der Waals surface area contributed by atoms with Gasteiger partial charge in [0.2, 0.25) is 5.95 Å². The van der Waals surface area contributed by atoms with Crippen molar-refractivity contribution in [1.29, 1.82) is 0 Å². The average Bonchev–Trinajstić information content (AvgIpc) is 3.95. The molecule has 0 aliphatic carbocycles. The minimum absolute atomic E-state index is 0.00419. The van der Waals surface area contributed by atoms with Crippen LogP contribution in [0.5, 0.6) is 11.5 Å². The van der Waals surface area contributed by atoms with Gasteiger partial charge < -0.3 is 24.3 Å². The van der Waals surface area contributed by atoms with Crippen molar-refractivity contribution in [3.8, 4) is 11.5 Å². The highest BCUT2D eigenvalue weighted by Gasteiger charge is 2.31. The minimum atomic E-state index is -1.10. The Hall–Kier alpha value is -6.71. The Morgan fingerprint density at radius 2 is 1.36 bits per heavy atom. The molecule has 0 spiro atoms. The van der Waals surface area contributed by atoms with Crippen molar-refractivity contribution >= 4 is 51.4 Å². The second kappa shape index (κ2) is 14.2. The van der Waals surface area contributed by atoms with Gasteiger partial charge in [-0.3, -0.25) is 28.8 Å². The number of aryl methyl sites for hydroxylation is 4. The summed E-state index contributed by atoms with van der Waals surface area (Å²) >= 11 is 0. The number of nitrogens with one attached hydrogen (secondary N) is 1. The number of rotatable bonds is 13. The van der Waals surface area contributed by atoms with E-state index in [0.717, 1.165) is 11.4 Å². The van der Waals surface area contributed by atoms with Crippen molar-refractivity contribution in [2.75, 3.05) is 18.5 Å². The number of aromatic nitrogens is 8. The molecule has 16 heteroatoms. The molecule has 0 unspecified atom stereocenters. The monoisotopic (exact) mass is 759 g/mol. The summed E-state index contributed by atoms with van der Waals surface area (Å²) in [5.74, 6) is 0.0584. The molecule has 0 saturated carbocycles. The van der Waals surface area contributed by atoms with Crippen LogP contribution in [0.25, 0.3) is 27.8 Å². The SMILES string of the molecule is C=C(O)c1cc2c3c(c1)nc(NC(=O)c1cc(C)nn1CC)n3[C@@H](C/C=C\C[C@H]1COc3cc(C(=O)O)cc4nc(CC(=O)c5cc(C)nn5CC)n1c34)CO2. The smallest absolute Gasteiger partial charge is 0.335 e. The van der Waals surface area contributed by atoms with Crippen molar-refractivity contribution < 1.29 is 34.1 Å². The lowest BCUT2D eigenvalue weighted by atomic mass is 10.1. The molecule has 56 heavy (non-hydrogen) atoms. The molecule has 1 amide bonds. The molecular weight excluding hydrogens is 718 g/mol. The molecular formula is C40H41N9O7. The van der Waals surface area contributed by atoms with Gasteiger partial charge in [-0.1, -0.05) is 18.7 Å². The zero-order valence-corrected chi connectivity index (χ0v) is 31.4. The largest absolute Gasteiger partial charge is 0.508 e. The molecule has 6 aromatic rings. The molecule has 2 atom stereocenters. The number of carboxylic acids is 1. The first-order valence-electron chi connectivity index (χ1n) is 18.5. The van der Waals surface area contributed by atoms with Gasteiger partial charge in [-0.15, -0.1) is 0 Å². The van der Waals surface area contributed by atoms with Crippen LogP contribution in [0.15, 0.2) is 55.1 Å². The number of ether oxygens (including phenoxy) is 2. The van der Waals surface area contributed by atoms with Gasteiger partial charge in [0.25, 0.3) is 5.91 Å². The van der Waals surface area contributed by atoms with Gasteiger partial charge in [0.05, 0.1) is 46.5 Å². The Kier molecular flexibility index (Phi) is 9.18. The van der Waals surface area contributed by atoms with Gasteiger partial charge in [0, 0.05) is 18.7 Å². The third-order valence-corrected chi connectivity index (χ3v) is 10.2. The predicted molar refractivity (Wildman–Crippen MR) is 207 cm³/mol. The van der Waals surface area contributed by atoms with Crippen LogP contribution in [-0.2, 0) is 19.5 Å². The number of aliphatic hydroxyl groups is 1. The summed E-state index contributed by atoms with van der Waals surface area (Å²) in [6, 6.07) is 9.43. The molecule has 8 rings (SSSR count). The molecule has 0 bridgehead atoms. The summed E-state index contributed by atoms with van der Waals surface area (Å²) in [7, 11) is 0. The van der Waals surface area contributed by atoms with Crippen molar-refractivity contribution in [2.24, 2.45) is 0 Å². The first kappa shape index (κ1) is 36.3. The van der Waals surface area contributed by atoms with E-state index < -0.39 is 5.97 Å². The number of Topliss-reactive ketones (excluding diaryl/α,β-unsaturated/α-hetero) is 1. The summed E-state index contributed by atoms with van der Waals surface area (Å²) in [5, 5.41) is 31.8. The third kappa shape index (κ3) is 6.35. The third-order valence-electron chi connectivity index (χ3n) is 10.2. The molecule has 4 aromatic heterocycles. The Bertz CT molecular complexity index is 2450. The molecule has 0 radical (unpaired) electrons. The van der Waals surface area contributed by atoms with Crippen molar-refractivity contribution in [1.82, 2.24) is 38.7 Å². The summed E-state index contributed by atoms with van der Waals surface area (Å²) in [4.78, 5) is 48.7. The summed E-state index contributed by atoms with van der Waals surface area (Å²) in [6.07, 6.45) is 5.12. The van der Waals surface area contributed by atoms with E-state index in [0.29, 0.717) is 88.2 Å². The fourth-order valence-electron chi connectivity index (χ4n) is 7.66. The van der Waals surface area contributed by atoms with Gasteiger partial charge >= 0.3 is 5.97 Å². The molecule has 16 nitrogen and oxygen atoms in total. The van der Waals surface area contributed by atoms with E-state index in [2.05, 4.69) is 22.1 Å². The number of allylic oxidation sites excluding steroid dienone is 2. The lowest BCUT2D eigenvalue weighted by molar-refractivity contribution is 0.0696. The number of ketones is 1. The van der Waals surface area contributed by atoms with Gasteiger partial charge in [-0.25, -0.2) is 14.8 Å². The number of imidazole rings is 2. The maximum absolute atomic E-state index is 13.7. The fourth-order valence-corrected chi connectivity index (χ4v) is 7.66.